The second kappa shape index (κ2) is 6.78. The molecule has 1 aromatic rings. The van der Waals surface area contributed by atoms with E-state index in [4.69, 9.17) is 0 Å². The molecule has 0 aliphatic carbocycles. The molecule has 0 unspecified atom stereocenters. The zero-order valence-corrected chi connectivity index (χ0v) is 11.6. The molecule has 2 N–H and O–H groups in total. The predicted octanol–water partition coefficient (Wildman–Crippen LogP) is 1.30. The molecule has 19 heavy (non-hydrogen) atoms. The number of phenolic OH excluding ortho intramolecular Hbond substituents is 1. The number of hydrogen-bond donors (Lipinski definition) is 2. The number of aromatic hydroxyl groups is 1. The highest BCUT2D eigenvalue weighted by atomic mass is 16.3. The van der Waals surface area contributed by atoms with Gasteiger partial charge in [0.15, 0.2) is 0 Å². The molecule has 0 fully saturated rings. The molecule has 0 heterocycles. The van der Waals surface area contributed by atoms with Gasteiger partial charge in [-0.05, 0) is 32.9 Å². The number of nitrogens with zero attached hydrogens (tertiary/aromatic N) is 1. The molecule has 0 aliphatic rings. The van der Waals surface area contributed by atoms with Crippen LogP contribution < -0.4 is 5.32 Å². The Morgan fingerprint density at radius 3 is 2.47 bits per heavy atom. The van der Waals surface area contributed by atoms with Crippen LogP contribution in [0.25, 0.3) is 0 Å². The minimum atomic E-state index is -0.353. The van der Waals surface area contributed by atoms with Gasteiger partial charge in [0.05, 0.1) is 6.54 Å². The zero-order valence-electron chi connectivity index (χ0n) is 11.6. The maximum atomic E-state index is 11.9. The van der Waals surface area contributed by atoms with Gasteiger partial charge < -0.3 is 15.3 Å². The average molecular weight is 264 g/mol. The van der Waals surface area contributed by atoms with Gasteiger partial charge in [-0.15, -0.1) is 0 Å². The summed E-state index contributed by atoms with van der Waals surface area (Å²) in [5.41, 5.74) is 0.891. The lowest BCUT2D eigenvalue weighted by molar-refractivity contribution is -0.129. The molecule has 104 valence electrons. The summed E-state index contributed by atoms with van der Waals surface area (Å²) in [6.07, 6.45) is 0. The fourth-order valence-corrected chi connectivity index (χ4v) is 1.81. The van der Waals surface area contributed by atoms with Crippen LogP contribution in [0.1, 0.15) is 29.8 Å². The van der Waals surface area contributed by atoms with Crippen LogP contribution >= 0.6 is 0 Å². The molecule has 0 saturated carbocycles. The average Bonchev–Trinajstić information content (AvgIpc) is 2.40. The SMILES string of the molecule is CCN(CC)C(=O)CNC(=O)c1cccc(O)c1C. The van der Waals surface area contributed by atoms with E-state index in [0.29, 0.717) is 24.2 Å². The first kappa shape index (κ1) is 15.0. The molecular weight excluding hydrogens is 244 g/mol. The van der Waals surface area contributed by atoms with E-state index < -0.39 is 0 Å². The Hall–Kier alpha value is -2.04. The van der Waals surface area contributed by atoms with Crippen LogP contribution in [0.5, 0.6) is 5.75 Å². The van der Waals surface area contributed by atoms with Gasteiger partial charge in [0.1, 0.15) is 5.75 Å². The van der Waals surface area contributed by atoms with Crippen LogP contribution in [0.4, 0.5) is 0 Å². The minimum absolute atomic E-state index is 0.0321. The third-order valence-electron chi connectivity index (χ3n) is 3.07. The predicted molar refractivity (Wildman–Crippen MR) is 73.1 cm³/mol. The summed E-state index contributed by atoms with van der Waals surface area (Å²) < 4.78 is 0. The van der Waals surface area contributed by atoms with Gasteiger partial charge in [0, 0.05) is 24.2 Å². The summed E-state index contributed by atoms with van der Waals surface area (Å²) in [4.78, 5) is 25.3. The van der Waals surface area contributed by atoms with Crippen molar-refractivity contribution in [2.45, 2.75) is 20.8 Å². The maximum absolute atomic E-state index is 11.9. The van der Waals surface area contributed by atoms with Crippen molar-refractivity contribution < 1.29 is 14.7 Å². The van der Waals surface area contributed by atoms with E-state index in [2.05, 4.69) is 5.32 Å². The van der Waals surface area contributed by atoms with Gasteiger partial charge in [-0.3, -0.25) is 9.59 Å². The Bertz CT molecular complexity index is 468. The van der Waals surface area contributed by atoms with E-state index in [1.54, 1.807) is 24.0 Å². The van der Waals surface area contributed by atoms with Crippen LogP contribution in [0, 0.1) is 6.92 Å². The third kappa shape index (κ3) is 3.71. The molecule has 0 spiro atoms. The molecule has 2 amide bonds. The first-order chi connectivity index (χ1) is 9.01. The van der Waals surface area contributed by atoms with E-state index in [-0.39, 0.29) is 24.1 Å². The topological polar surface area (TPSA) is 69.6 Å². The van der Waals surface area contributed by atoms with Gasteiger partial charge in [-0.25, -0.2) is 0 Å². The van der Waals surface area contributed by atoms with Crippen molar-refractivity contribution in [3.8, 4) is 5.75 Å². The second-order valence-corrected chi connectivity index (χ2v) is 4.20. The van der Waals surface area contributed by atoms with Crippen molar-refractivity contribution in [3.63, 3.8) is 0 Å². The lowest BCUT2D eigenvalue weighted by Gasteiger charge is -2.18. The summed E-state index contributed by atoms with van der Waals surface area (Å²) in [6, 6.07) is 4.74. The highest BCUT2D eigenvalue weighted by Gasteiger charge is 2.14. The Morgan fingerprint density at radius 1 is 1.26 bits per heavy atom. The highest BCUT2D eigenvalue weighted by molar-refractivity contribution is 5.98. The summed E-state index contributed by atoms with van der Waals surface area (Å²) >= 11 is 0. The van der Waals surface area contributed by atoms with E-state index in [0.717, 1.165) is 0 Å². The molecule has 0 aromatic heterocycles. The second-order valence-electron chi connectivity index (χ2n) is 4.20. The summed E-state index contributed by atoms with van der Waals surface area (Å²) in [7, 11) is 0. The number of phenols is 1. The van der Waals surface area contributed by atoms with E-state index >= 15 is 0 Å². The summed E-state index contributed by atoms with van der Waals surface area (Å²) in [5.74, 6) is -0.396. The Morgan fingerprint density at radius 2 is 1.89 bits per heavy atom. The fourth-order valence-electron chi connectivity index (χ4n) is 1.81. The number of hydrogen-bond acceptors (Lipinski definition) is 3. The number of benzene rings is 1. The first-order valence-corrected chi connectivity index (χ1v) is 6.35. The van der Waals surface area contributed by atoms with E-state index in [1.807, 2.05) is 13.8 Å². The van der Waals surface area contributed by atoms with Crippen LogP contribution in [-0.2, 0) is 4.79 Å². The van der Waals surface area contributed by atoms with Gasteiger partial charge >= 0.3 is 0 Å². The number of likely N-dealkylation sites (N-methyl/N-ethyl adjacent to an activating group) is 1. The van der Waals surface area contributed by atoms with Gasteiger partial charge in [-0.1, -0.05) is 6.07 Å². The van der Waals surface area contributed by atoms with Crippen molar-refractivity contribution >= 4 is 11.8 Å². The monoisotopic (exact) mass is 264 g/mol. The van der Waals surface area contributed by atoms with Gasteiger partial charge in [0.25, 0.3) is 5.91 Å². The van der Waals surface area contributed by atoms with E-state index in [1.165, 1.54) is 6.07 Å². The smallest absolute Gasteiger partial charge is 0.252 e. The standard InChI is InChI=1S/C14H20N2O3/c1-4-16(5-2)13(18)9-15-14(19)11-7-6-8-12(17)10(11)3/h6-8,17H,4-5,9H2,1-3H3,(H,15,19). The van der Waals surface area contributed by atoms with Crippen molar-refractivity contribution in [1.82, 2.24) is 10.2 Å². The molecule has 0 aliphatic heterocycles. The minimum Gasteiger partial charge on any atom is -0.508 e. The quantitative estimate of drug-likeness (QED) is 0.842. The first-order valence-electron chi connectivity index (χ1n) is 6.35. The number of amides is 2. The Balaban J connectivity index is 2.66. The lowest BCUT2D eigenvalue weighted by Crippen LogP contribution is -2.40. The molecule has 5 heteroatoms. The third-order valence-corrected chi connectivity index (χ3v) is 3.07. The maximum Gasteiger partial charge on any atom is 0.252 e. The van der Waals surface area contributed by atoms with Crippen LogP contribution in [0.15, 0.2) is 18.2 Å². The Kier molecular flexibility index (Phi) is 5.36. The van der Waals surface area contributed by atoms with Crippen LogP contribution in [0.2, 0.25) is 0 Å². The number of carbonyl (C=O) groups is 2. The van der Waals surface area contributed by atoms with Crippen LogP contribution in [0.3, 0.4) is 0 Å². The normalized spacial score (nSPS) is 10.1. The molecule has 0 saturated heterocycles. The van der Waals surface area contributed by atoms with Crippen molar-refractivity contribution in [3.05, 3.63) is 29.3 Å². The van der Waals surface area contributed by atoms with Crippen molar-refractivity contribution in [2.24, 2.45) is 0 Å². The number of carbonyl (C=O) groups excluding carboxylic acids is 2. The zero-order chi connectivity index (χ0) is 14.4. The van der Waals surface area contributed by atoms with Gasteiger partial charge in [-0.2, -0.15) is 0 Å². The summed E-state index contributed by atoms with van der Waals surface area (Å²) in [5, 5.41) is 12.1. The highest BCUT2D eigenvalue weighted by Crippen LogP contribution is 2.19. The lowest BCUT2D eigenvalue weighted by atomic mass is 10.1. The van der Waals surface area contributed by atoms with Gasteiger partial charge in [0.2, 0.25) is 5.91 Å². The van der Waals surface area contributed by atoms with Crippen molar-refractivity contribution in [1.29, 1.82) is 0 Å². The molecule has 0 radical (unpaired) electrons. The number of nitrogens with one attached hydrogen (secondary N) is 1. The fraction of sp³-hybridized carbons (Fsp3) is 0.429. The molecular formula is C14H20N2O3. The van der Waals surface area contributed by atoms with Crippen molar-refractivity contribution in [2.75, 3.05) is 19.6 Å². The number of rotatable bonds is 5. The van der Waals surface area contributed by atoms with E-state index in [9.17, 15) is 14.7 Å². The molecule has 1 aromatic carbocycles. The van der Waals surface area contributed by atoms with Crippen LogP contribution in [-0.4, -0.2) is 41.5 Å². The largest absolute Gasteiger partial charge is 0.508 e. The summed E-state index contributed by atoms with van der Waals surface area (Å²) in [6.45, 7) is 6.66. The molecule has 0 bridgehead atoms. The molecule has 0 atom stereocenters. The molecule has 1 rings (SSSR count). The Labute approximate surface area is 113 Å². The molecule has 5 nitrogen and oxygen atoms in total.